The monoisotopic (exact) mass is 351 g/mol. The number of halogens is 1. The second-order valence-electron chi connectivity index (χ2n) is 6.72. The Hall–Kier alpha value is -1.21. The molecule has 0 spiro atoms. The number of morpholine rings is 1. The molecular weight excluding hydrogens is 330 g/mol. The predicted molar refractivity (Wildman–Crippen MR) is 88.7 cm³/mol. The van der Waals surface area contributed by atoms with Gasteiger partial charge in [0, 0.05) is 45.1 Å². The highest BCUT2D eigenvalue weighted by Crippen LogP contribution is 2.29. The number of carbonyl (C=O) groups excluding carboxylic acids is 1. The van der Waals surface area contributed by atoms with E-state index in [0.29, 0.717) is 5.02 Å². The van der Waals surface area contributed by atoms with Gasteiger partial charge in [0.2, 0.25) is 5.91 Å². The lowest BCUT2D eigenvalue weighted by Gasteiger charge is -2.43. The molecule has 0 radical (unpaired) electrons. The van der Waals surface area contributed by atoms with E-state index in [1.54, 1.807) is 6.20 Å². The number of hydrogen-bond donors (Lipinski definition) is 0. The van der Waals surface area contributed by atoms with Gasteiger partial charge in [-0.3, -0.25) is 14.7 Å². The summed E-state index contributed by atoms with van der Waals surface area (Å²) in [6.45, 7) is 4.10. The van der Waals surface area contributed by atoms with Crippen LogP contribution in [-0.4, -0.2) is 71.8 Å². The van der Waals surface area contributed by atoms with E-state index < -0.39 is 0 Å². The van der Waals surface area contributed by atoms with Gasteiger partial charge in [0.05, 0.1) is 22.9 Å². The maximum absolute atomic E-state index is 12.5. The lowest BCUT2D eigenvalue weighted by molar-refractivity contribution is -0.159. The first-order chi connectivity index (χ1) is 11.7. The van der Waals surface area contributed by atoms with Crippen LogP contribution in [0.1, 0.15) is 18.5 Å². The zero-order valence-electron chi connectivity index (χ0n) is 13.6. The van der Waals surface area contributed by atoms with Crippen molar-refractivity contribution < 1.29 is 14.3 Å². The number of likely N-dealkylation sites (tertiary alicyclic amines) is 1. The van der Waals surface area contributed by atoms with Crippen molar-refractivity contribution in [1.29, 1.82) is 0 Å². The molecule has 7 heteroatoms. The molecule has 3 fully saturated rings. The summed E-state index contributed by atoms with van der Waals surface area (Å²) in [5.41, 5.74) is 0.988. The largest absolute Gasteiger partial charge is 0.381 e. The van der Waals surface area contributed by atoms with Crippen LogP contribution in [0.5, 0.6) is 0 Å². The van der Waals surface area contributed by atoms with Gasteiger partial charge in [-0.2, -0.15) is 0 Å². The third-order valence-corrected chi connectivity index (χ3v) is 5.36. The Morgan fingerprint density at radius 1 is 1.25 bits per heavy atom. The molecule has 0 aliphatic carbocycles. The van der Waals surface area contributed by atoms with Gasteiger partial charge in [0.15, 0.2) is 0 Å². The first-order valence-electron chi connectivity index (χ1n) is 8.54. The number of amides is 1. The summed E-state index contributed by atoms with van der Waals surface area (Å²) >= 11 is 5.90. The number of pyridine rings is 1. The molecule has 2 atom stereocenters. The minimum absolute atomic E-state index is 0.0952. The Morgan fingerprint density at radius 3 is 2.83 bits per heavy atom. The third-order valence-electron chi connectivity index (χ3n) is 5.14. The van der Waals surface area contributed by atoms with Crippen LogP contribution >= 0.6 is 11.6 Å². The molecule has 0 aromatic carbocycles. The zero-order valence-corrected chi connectivity index (χ0v) is 14.3. The molecule has 6 nitrogen and oxygen atoms in total. The molecule has 24 heavy (non-hydrogen) atoms. The van der Waals surface area contributed by atoms with Gasteiger partial charge in [0.1, 0.15) is 6.61 Å². The average molecular weight is 352 g/mol. The summed E-state index contributed by atoms with van der Waals surface area (Å²) in [5, 5.41) is 0.647. The Balaban J connectivity index is 1.45. The van der Waals surface area contributed by atoms with Crippen LogP contribution in [0.25, 0.3) is 0 Å². The van der Waals surface area contributed by atoms with Gasteiger partial charge >= 0.3 is 0 Å². The van der Waals surface area contributed by atoms with Crippen LogP contribution in [0, 0.1) is 0 Å². The van der Waals surface area contributed by atoms with Crippen molar-refractivity contribution >= 4 is 17.5 Å². The van der Waals surface area contributed by atoms with Crippen LogP contribution < -0.4 is 0 Å². The van der Waals surface area contributed by atoms with E-state index in [2.05, 4.69) is 14.8 Å². The maximum atomic E-state index is 12.5. The number of ether oxygens (including phenoxy) is 2. The summed E-state index contributed by atoms with van der Waals surface area (Å²) in [6.07, 6.45) is 3.62. The van der Waals surface area contributed by atoms with Gasteiger partial charge in [-0.15, -0.1) is 0 Å². The summed E-state index contributed by atoms with van der Waals surface area (Å²) < 4.78 is 11.3. The van der Waals surface area contributed by atoms with E-state index in [9.17, 15) is 4.79 Å². The highest BCUT2D eigenvalue weighted by atomic mass is 35.5. The number of aromatic nitrogens is 1. The van der Waals surface area contributed by atoms with Crippen LogP contribution in [-0.2, 0) is 20.8 Å². The first kappa shape index (κ1) is 16.3. The lowest BCUT2D eigenvalue weighted by atomic mass is 10.0. The fraction of sp³-hybridized carbons (Fsp3) is 0.647. The van der Waals surface area contributed by atoms with Crippen LogP contribution in [0.3, 0.4) is 0 Å². The van der Waals surface area contributed by atoms with Gasteiger partial charge in [0.25, 0.3) is 0 Å². The average Bonchev–Trinajstić information content (AvgIpc) is 3.00. The molecule has 0 unspecified atom stereocenters. The number of hydrogen-bond acceptors (Lipinski definition) is 5. The van der Waals surface area contributed by atoms with Crippen molar-refractivity contribution in [3.05, 3.63) is 29.0 Å². The SMILES string of the molecule is O=C1CO[C@H]2CN(Cc3ccc(Cl)cn3)C[C@@H]2N1C1CCOCC1. The van der Waals surface area contributed by atoms with E-state index in [1.807, 2.05) is 12.1 Å². The lowest BCUT2D eigenvalue weighted by Crippen LogP contribution is -2.58. The predicted octanol–water partition coefficient (Wildman–Crippen LogP) is 1.33. The highest BCUT2D eigenvalue weighted by molar-refractivity contribution is 6.30. The Morgan fingerprint density at radius 2 is 2.08 bits per heavy atom. The molecule has 130 valence electrons. The van der Waals surface area contributed by atoms with Gasteiger partial charge in [-0.25, -0.2) is 0 Å². The fourth-order valence-electron chi connectivity index (χ4n) is 4.00. The normalized spacial score (nSPS) is 29.0. The minimum Gasteiger partial charge on any atom is -0.381 e. The van der Waals surface area contributed by atoms with Gasteiger partial charge in [-0.1, -0.05) is 11.6 Å². The Kier molecular flexibility index (Phi) is 4.72. The van der Waals surface area contributed by atoms with Crippen LogP contribution in [0.2, 0.25) is 5.02 Å². The molecular formula is C17H22ClN3O3. The fourth-order valence-corrected chi connectivity index (χ4v) is 4.11. The van der Waals surface area contributed by atoms with Crippen molar-refractivity contribution in [3.8, 4) is 0 Å². The van der Waals surface area contributed by atoms with Gasteiger partial charge < -0.3 is 14.4 Å². The summed E-state index contributed by atoms with van der Waals surface area (Å²) in [5.74, 6) is 0.120. The summed E-state index contributed by atoms with van der Waals surface area (Å²) in [7, 11) is 0. The molecule has 1 amide bonds. The second kappa shape index (κ2) is 6.96. The van der Waals surface area contributed by atoms with E-state index in [0.717, 1.165) is 51.4 Å². The summed E-state index contributed by atoms with van der Waals surface area (Å²) in [4.78, 5) is 21.2. The first-order valence-corrected chi connectivity index (χ1v) is 8.92. The molecule has 1 aromatic rings. The standard InChI is InChI=1S/C17H22ClN3O3/c18-12-1-2-13(19-7-12)8-20-9-15-16(10-20)24-11-17(22)21(15)14-3-5-23-6-4-14/h1-2,7,14-16H,3-6,8-11H2/t15-,16-/m0/s1. The molecule has 3 aliphatic heterocycles. The Labute approximate surface area is 146 Å². The second-order valence-corrected chi connectivity index (χ2v) is 7.16. The van der Waals surface area contributed by atoms with E-state index in [-0.39, 0.29) is 30.7 Å². The van der Waals surface area contributed by atoms with E-state index >= 15 is 0 Å². The quantitative estimate of drug-likeness (QED) is 0.822. The highest BCUT2D eigenvalue weighted by Gasteiger charge is 2.45. The molecule has 4 rings (SSSR count). The van der Waals surface area contributed by atoms with Crippen molar-refractivity contribution in [3.63, 3.8) is 0 Å². The molecule has 1 aromatic heterocycles. The number of rotatable bonds is 3. The Bertz CT molecular complexity index is 591. The molecule has 0 bridgehead atoms. The van der Waals surface area contributed by atoms with Crippen molar-refractivity contribution in [1.82, 2.24) is 14.8 Å². The van der Waals surface area contributed by atoms with Crippen molar-refractivity contribution in [2.75, 3.05) is 32.9 Å². The topological polar surface area (TPSA) is 54.9 Å². The number of fused-ring (bicyclic) bond motifs is 1. The smallest absolute Gasteiger partial charge is 0.249 e. The summed E-state index contributed by atoms with van der Waals surface area (Å²) in [6, 6.07) is 4.24. The van der Waals surface area contributed by atoms with E-state index in [4.69, 9.17) is 21.1 Å². The van der Waals surface area contributed by atoms with Crippen LogP contribution in [0.15, 0.2) is 18.3 Å². The molecule has 0 N–H and O–H groups in total. The van der Waals surface area contributed by atoms with E-state index in [1.165, 1.54) is 0 Å². The zero-order chi connectivity index (χ0) is 16.5. The van der Waals surface area contributed by atoms with Gasteiger partial charge in [-0.05, 0) is 25.0 Å². The number of nitrogens with zero attached hydrogens (tertiary/aromatic N) is 3. The van der Waals surface area contributed by atoms with Crippen molar-refractivity contribution in [2.45, 2.75) is 37.6 Å². The number of carbonyl (C=O) groups is 1. The molecule has 4 heterocycles. The van der Waals surface area contributed by atoms with Crippen molar-refractivity contribution in [2.24, 2.45) is 0 Å². The maximum Gasteiger partial charge on any atom is 0.249 e. The molecule has 0 saturated carbocycles. The third kappa shape index (κ3) is 3.28. The molecule has 3 saturated heterocycles. The molecule has 3 aliphatic rings. The minimum atomic E-state index is 0.0952. The van der Waals surface area contributed by atoms with Crippen LogP contribution in [0.4, 0.5) is 0 Å².